The molecule has 0 fully saturated rings. The Morgan fingerprint density at radius 3 is 2.36 bits per heavy atom. The summed E-state index contributed by atoms with van der Waals surface area (Å²) in [5.74, 6) is 1.23. The lowest BCUT2D eigenvalue weighted by atomic mass is 9.96. The first-order valence-electron chi connectivity index (χ1n) is 8.51. The summed E-state index contributed by atoms with van der Waals surface area (Å²) in [6.45, 7) is 2.92. The highest BCUT2D eigenvalue weighted by Crippen LogP contribution is 2.35. The maximum atomic E-state index is 9.87. The number of hydrogen-bond donors (Lipinski definition) is 1. The van der Waals surface area contributed by atoms with Gasteiger partial charge in [0.1, 0.15) is 11.5 Å². The van der Waals surface area contributed by atoms with Crippen LogP contribution in [0.2, 0.25) is 6.04 Å². The van der Waals surface area contributed by atoms with Gasteiger partial charge in [-0.2, -0.15) is 0 Å². The molecular weight excluding hydrogens is 528 g/mol. The second-order valence-corrected chi connectivity index (χ2v) is 29.5. The predicted molar refractivity (Wildman–Crippen MR) is 120 cm³/mol. The highest BCUT2D eigenvalue weighted by Gasteiger charge is 2.21. The zero-order valence-corrected chi connectivity index (χ0v) is 20.0. The Kier molecular flexibility index (Phi) is 8.52. The van der Waals surface area contributed by atoms with Crippen molar-refractivity contribution < 1.29 is 9.84 Å². The summed E-state index contributed by atoms with van der Waals surface area (Å²) >= 11 is 11.0. The number of unbranched alkanes of at least 4 members (excludes halogenated alkanes) is 1. The molecule has 0 aliphatic rings. The molecule has 0 aromatic heterocycles. The maximum absolute atomic E-state index is 9.87. The number of aryl methyl sites for hydroxylation is 1. The Balaban J connectivity index is 2.12. The Morgan fingerprint density at radius 2 is 1.72 bits per heavy atom. The van der Waals surface area contributed by atoms with Crippen LogP contribution in [0.5, 0.6) is 11.5 Å². The zero-order chi connectivity index (χ0) is 18.3. The van der Waals surface area contributed by atoms with Crippen LogP contribution < -0.4 is 4.74 Å². The monoisotopic (exact) mass is 548 g/mol. The number of benzene rings is 2. The molecule has 6 heteroatoms. The van der Waals surface area contributed by atoms with Crippen LogP contribution in [-0.2, 0) is 6.42 Å². The first-order valence-corrected chi connectivity index (χ1v) is 17.5. The number of halogens is 3. The van der Waals surface area contributed by atoms with E-state index in [9.17, 15) is 5.11 Å². The molecule has 0 aliphatic carbocycles. The summed E-state index contributed by atoms with van der Waals surface area (Å²) in [5, 5.41) is 9.87. The molecule has 0 saturated carbocycles. The first kappa shape index (κ1) is 21.0. The minimum atomic E-state index is -1.59. The summed E-state index contributed by atoms with van der Waals surface area (Å²) in [6, 6.07) is 14.9. The van der Waals surface area contributed by atoms with Crippen molar-refractivity contribution in [2.45, 2.75) is 38.7 Å². The van der Waals surface area contributed by atoms with E-state index in [-0.39, 0.29) is 0 Å². The fraction of sp³-hybridized carbons (Fsp3) is 0.368. The minimum Gasteiger partial charge on any atom is -0.508 e. The third-order valence-electron chi connectivity index (χ3n) is 3.93. The molecule has 0 radical (unpaired) electrons. The summed E-state index contributed by atoms with van der Waals surface area (Å²) < 4.78 is 4.15. The Bertz CT molecular complexity index is 669. The zero-order valence-electron chi connectivity index (χ0n) is 14.3. The van der Waals surface area contributed by atoms with Crippen LogP contribution in [0, 0.1) is 0 Å². The number of ether oxygens (including phenoxy) is 1. The van der Waals surface area contributed by atoms with E-state index in [0.717, 1.165) is 49.6 Å². The van der Waals surface area contributed by atoms with E-state index < -0.39 is 3.93 Å². The number of phenols is 1. The maximum Gasteiger partial charge on any atom is 0.267 e. The molecule has 0 aliphatic heterocycles. The van der Waals surface area contributed by atoms with Gasteiger partial charge in [-0.3, -0.25) is 0 Å². The molecule has 0 unspecified atom stereocenters. The van der Waals surface area contributed by atoms with Crippen molar-refractivity contribution in [2.75, 3.05) is 6.61 Å². The molecule has 0 spiro atoms. The van der Waals surface area contributed by atoms with Gasteiger partial charge in [0.05, 0.1) is 6.61 Å². The lowest BCUT2D eigenvalue weighted by Gasteiger charge is -2.13. The van der Waals surface area contributed by atoms with Crippen molar-refractivity contribution in [3.05, 3.63) is 48.0 Å². The molecule has 0 amide bonds. The number of rotatable bonds is 9. The van der Waals surface area contributed by atoms with E-state index in [4.69, 9.17) is 4.74 Å². The van der Waals surface area contributed by atoms with Gasteiger partial charge in [-0.15, -0.1) is 0 Å². The largest absolute Gasteiger partial charge is 0.508 e. The fourth-order valence-electron chi connectivity index (χ4n) is 2.61. The summed E-state index contributed by atoms with van der Waals surface area (Å²) in [4.78, 5) is 0. The van der Waals surface area contributed by atoms with Crippen LogP contribution in [0.3, 0.4) is 0 Å². The van der Waals surface area contributed by atoms with Crippen molar-refractivity contribution in [3.8, 4) is 22.6 Å². The van der Waals surface area contributed by atoms with Gasteiger partial charge in [-0.25, -0.2) is 0 Å². The Morgan fingerprint density at radius 1 is 1.00 bits per heavy atom. The normalized spacial score (nSPS) is 11.5. The van der Waals surface area contributed by atoms with E-state index >= 15 is 0 Å². The fourth-order valence-corrected chi connectivity index (χ4v) is 5.71. The average molecular weight is 551 g/mol. The standard InChI is InChI=1S/C19H23Br3O2Si/c1-2-3-12-24-18-9-6-15(7-10-18)19-11-8-17(23)14-16(19)5-4-13-25(20,21)22/h6-11,14,23H,2-5,12-13H2,1H3. The third-order valence-corrected chi connectivity index (χ3v) is 8.42. The second kappa shape index (κ2) is 10.1. The van der Waals surface area contributed by atoms with E-state index in [0.29, 0.717) is 5.75 Å². The van der Waals surface area contributed by atoms with Crippen LogP contribution >= 0.6 is 45.9 Å². The van der Waals surface area contributed by atoms with E-state index in [1.165, 1.54) is 11.1 Å². The van der Waals surface area contributed by atoms with Gasteiger partial charge in [0.25, 0.3) is 3.93 Å². The molecule has 136 valence electrons. The van der Waals surface area contributed by atoms with Gasteiger partial charge < -0.3 is 9.84 Å². The minimum absolute atomic E-state index is 0.318. The van der Waals surface area contributed by atoms with Crippen molar-refractivity contribution >= 4 is 49.8 Å². The van der Waals surface area contributed by atoms with Gasteiger partial charge in [0.2, 0.25) is 0 Å². The quantitative estimate of drug-likeness (QED) is 0.202. The lowest BCUT2D eigenvalue weighted by molar-refractivity contribution is 0.309. The SMILES string of the molecule is CCCCOc1ccc(-c2ccc(O)cc2CCC[Si](Br)(Br)Br)cc1. The predicted octanol–water partition coefficient (Wildman–Crippen LogP) is 7.29. The Labute approximate surface area is 174 Å². The molecule has 2 aromatic rings. The summed E-state index contributed by atoms with van der Waals surface area (Å²) in [6.07, 6.45) is 4.18. The van der Waals surface area contributed by atoms with Crippen molar-refractivity contribution in [1.82, 2.24) is 0 Å². The molecule has 0 heterocycles. The topological polar surface area (TPSA) is 29.5 Å². The summed E-state index contributed by atoms with van der Waals surface area (Å²) in [7, 11) is 0. The molecule has 0 bridgehead atoms. The third kappa shape index (κ3) is 7.45. The molecule has 25 heavy (non-hydrogen) atoms. The highest BCUT2D eigenvalue weighted by atomic mass is 80.0. The van der Waals surface area contributed by atoms with Crippen LogP contribution in [0.4, 0.5) is 0 Å². The number of aromatic hydroxyl groups is 1. The van der Waals surface area contributed by atoms with Gasteiger partial charge >= 0.3 is 0 Å². The van der Waals surface area contributed by atoms with E-state index in [2.05, 4.69) is 64.9 Å². The summed E-state index contributed by atoms with van der Waals surface area (Å²) in [5.41, 5.74) is 3.49. The molecule has 0 saturated heterocycles. The van der Waals surface area contributed by atoms with Crippen LogP contribution in [-0.4, -0.2) is 15.6 Å². The lowest BCUT2D eigenvalue weighted by Crippen LogP contribution is -2.06. The van der Waals surface area contributed by atoms with Gasteiger partial charge in [0, 0.05) is 0 Å². The van der Waals surface area contributed by atoms with Gasteiger partial charge in [-0.1, -0.05) is 77.4 Å². The van der Waals surface area contributed by atoms with Crippen LogP contribution in [0.25, 0.3) is 11.1 Å². The molecular formula is C19H23Br3O2Si. The molecule has 0 atom stereocenters. The van der Waals surface area contributed by atoms with E-state index in [1.807, 2.05) is 24.3 Å². The van der Waals surface area contributed by atoms with Crippen molar-refractivity contribution in [3.63, 3.8) is 0 Å². The molecule has 2 aromatic carbocycles. The second-order valence-electron chi connectivity index (χ2n) is 6.04. The Hall–Kier alpha value is -0.303. The molecule has 1 N–H and O–H groups in total. The van der Waals surface area contributed by atoms with Gasteiger partial charge in [0.15, 0.2) is 0 Å². The van der Waals surface area contributed by atoms with Crippen LogP contribution in [0.1, 0.15) is 31.7 Å². The highest BCUT2D eigenvalue weighted by molar-refractivity contribution is 9.72. The number of hydrogen-bond acceptors (Lipinski definition) is 2. The first-order chi connectivity index (χ1) is 11.9. The smallest absolute Gasteiger partial charge is 0.267 e. The van der Waals surface area contributed by atoms with Gasteiger partial charge in [-0.05, 0) is 66.3 Å². The van der Waals surface area contributed by atoms with Crippen LogP contribution in [0.15, 0.2) is 42.5 Å². The number of phenolic OH excluding ortho intramolecular Hbond substituents is 1. The molecule has 2 nitrogen and oxygen atoms in total. The van der Waals surface area contributed by atoms with E-state index in [1.54, 1.807) is 6.07 Å². The average Bonchev–Trinajstić information content (AvgIpc) is 2.55. The van der Waals surface area contributed by atoms with Crippen molar-refractivity contribution in [2.24, 2.45) is 0 Å². The van der Waals surface area contributed by atoms with Crippen molar-refractivity contribution in [1.29, 1.82) is 0 Å². The molecule has 2 rings (SSSR count).